The zero-order valence-electron chi connectivity index (χ0n) is 19.8. The molecule has 1 unspecified atom stereocenters. The number of nitrogens with one attached hydrogen (secondary N) is 2. The van der Waals surface area contributed by atoms with Gasteiger partial charge in [-0.1, -0.05) is 48.9 Å². The van der Waals surface area contributed by atoms with E-state index in [1.54, 1.807) is 29.2 Å². The Morgan fingerprint density at radius 1 is 1.14 bits per heavy atom. The van der Waals surface area contributed by atoms with Crippen LogP contribution in [-0.4, -0.2) is 53.4 Å². The van der Waals surface area contributed by atoms with Crippen LogP contribution >= 0.6 is 11.6 Å². The maximum Gasteiger partial charge on any atom is 0.329 e. The second-order valence-electron chi connectivity index (χ2n) is 8.96. The third-order valence-electron chi connectivity index (χ3n) is 6.17. The number of nitrogens with zero attached hydrogens (tertiary/aromatic N) is 1. The lowest BCUT2D eigenvalue weighted by atomic mass is 10.0. The number of aromatic nitrogens is 1. The molecule has 1 saturated carbocycles. The van der Waals surface area contributed by atoms with Crippen molar-refractivity contribution in [2.24, 2.45) is 5.92 Å². The summed E-state index contributed by atoms with van der Waals surface area (Å²) in [5.41, 5.74) is 2.05. The molecule has 0 bridgehead atoms. The van der Waals surface area contributed by atoms with Gasteiger partial charge in [-0.2, -0.15) is 0 Å². The maximum absolute atomic E-state index is 13.1. The molecule has 4 rings (SSSR count). The van der Waals surface area contributed by atoms with E-state index in [9.17, 15) is 14.4 Å². The number of aromatic amines is 1. The van der Waals surface area contributed by atoms with Gasteiger partial charge in [-0.05, 0) is 48.9 Å². The van der Waals surface area contributed by atoms with Crippen LogP contribution in [0.3, 0.4) is 0 Å². The molecule has 1 aliphatic carbocycles. The van der Waals surface area contributed by atoms with Gasteiger partial charge in [0.05, 0.1) is 10.6 Å². The number of hydrogen-bond donors (Lipinski definition) is 2. The minimum absolute atomic E-state index is 0.202. The Morgan fingerprint density at radius 2 is 1.89 bits per heavy atom. The van der Waals surface area contributed by atoms with Gasteiger partial charge in [0.2, 0.25) is 0 Å². The van der Waals surface area contributed by atoms with Gasteiger partial charge in [-0.3, -0.25) is 9.59 Å². The standard InChI is InChI=1S/C27H30ClN3O4/c1-2-13-31(16-18-11-12-18)25(32)17-35-27(34)24(30-26(33)21-8-3-5-9-22(21)28)14-19-15-29-23-10-6-4-7-20(19)23/h3-10,15,18,24,29H,2,11-14,16-17H2,1H3,(H,30,33). The number of esters is 1. The quantitative estimate of drug-likeness (QED) is 0.387. The molecule has 1 heterocycles. The van der Waals surface area contributed by atoms with Crippen molar-refractivity contribution in [1.29, 1.82) is 0 Å². The summed E-state index contributed by atoms with van der Waals surface area (Å²) in [6.07, 6.45) is 5.12. The van der Waals surface area contributed by atoms with Crippen molar-refractivity contribution in [2.45, 2.75) is 38.6 Å². The minimum Gasteiger partial charge on any atom is -0.454 e. The Labute approximate surface area is 209 Å². The van der Waals surface area contributed by atoms with E-state index >= 15 is 0 Å². The fourth-order valence-corrected chi connectivity index (χ4v) is 4.34. The SMILES string of the molecule is CCCN(CC1CC1)C(=O)COC(=O)C(Cc1c[nH]c2ccccc12)NC(=O)c1ccccc1Cl. The van der Waals surface area contributed by atoms with Crippen molar-refractivity contribution >= 4 is 40.3 Å². The molecular weight excluding hydrogens is 466 g/mol. The van der Waals surface area contributed by atoms with Crippen LogP contribution in [0.15, 0.2) is 54.7 Å². The number of rotatable bonds is 11. The van der Waals surface area contributed by atoms with Crippen molar-refractivity contribution < 1.29 is 19.1 Å². The molecule has 35 heavy (non-hydrogen) atoms. The Hall–Kier alpha value is -3.32. The van der Waals surface area contributed by atoms with Gasteiger partial charge in [0.15, 0.2) is 6.61 Å². The number of carbonyl (C=O) groups excluding carboxylic acids is 3. The summed E-state index contributed by atoms with van der Waals surface area (Å²) in [5, 5.41) is 4.00. The van der Waals surface area contributed by atoms with E-state index in [1.807, 2.05) is 37.4 Å². The van der Waals surface area contributed by atoms with Gasteiger partial charge in [-0.25, -0.2) is 4.79 Å². The molecular formula is C27H30ClN3O4. The van der Waals surface area contributed by atoms with Crippen LogP contribution in [0.25, 0.3) is 10.9 Å². The largest absolute Gasteiger partial charge is 0.454 e. The number of amides is 2. The van der Waals surface area contributed by atoms with Crippen LogP contribution in [0, 0.1) is 5.92 Å². The Kier molecular flexibility index (Phi) is 8.08. The molecule has 0 saturated heterocycles. The van der Waals surface area contributed by atoms with Crippen LogP contribution in [-0.2, 0) is 20.7 Å². The van der Waals surface area contributed by atoms with Crippen LogP contribution in [0.1, 0.15) is 42.1 Å². The molecule has 7 nitrogen and oxygen atoms in total. The first-order valence-corrected chi connectivity index (χ1v) is 12.4. The molecule has 1 aromatic heterocycles. The number of ether oxygens (including phenoxy) is 1. The van der Waals surface area contributed by atoms with Crippen LogP contribution in [0.5, 0.6) is 0 Å². The Balaban J connectivity index is 1.48. The molecule has 1 aliphatic rings. The van der Waals surface area contributed by atoms with Gasteiger partial charge in [-0.15, -0.1) is 0 Å². The lowest BCUT2D eigenvalue weighted by molar-refractivity contribution is -0.153. The van der Waals surface area contributed by atoms with Gasteiger partial charge in [0.1, 0.15) is 6.04 Å². The van der Waals surface area contributed by atoms with Gasteiger partial charge in [0.25, 0.3) is 11.8 Å². The highest BCUT2D eigenvalue weighted by molar-refractivity contribution is 6.33. The monoisotopic (exact) mass is 495 g/mol. The fraction of sp³-hybridized carbons (Fsp3) is 0.370. The van der Waals surface area contributed by atoms with Crippen LogP contribution < -0.4 is 5.32 Å². The molecule has 3 aromatic rings. The lowest BCUT2D eigenvalue weighted by Gasteiger charge is -2.23. The summed E-state index contributed by atoms with van der Waals surface area (Å²) >= 11 is 6.18. The number of benzene rings is 2. The molecule has 0 spiro atoms. The number of halogens is 1. The molecule has 1 atom stereocenters. The maximum atomic E-state index is 13.1. The average Bonchev–Trinajstić information content (AvgIpc) is 3.59. The van der Waals surface area contributed by atoms with Crippen LogP contribution in [0.2, 0.25) is 5.02 Å². The smallest absolute Gasteiger partial charge is 0.329 e. The minimum atomic E-state index is -0.992. The van der Waals surface area contributed by atoms with Gasteiger partial charge < -0.3 is 19.9 Å². The first-order valence-electron chi connectivity index (χ1n) is 12.0. The number of H-pyrrole nitrogens is 1. The molecule has 2 aromatic carbocycles. The highest BCUT2D eigenvalue weighted by Crippen LogP contribution is 2.29. The lowest BCUT2D eigenvalue weighted by Crippen LogP contribution is -2.45. The topological polar surface area (TPSA) is 91.5 Å². The fourth-order valence-electron chi connectivity index (χ4n) is 4.12. The highest BCUT2D eigenvalue weighted by atomic mass is 35.5. The third-order valence-corrected chi connectivity index (χ3v) is 6.50. The molecule has 8 heteroatoms. The summed E-state index contributed by atoms with van der Waals surface area (Å²) in [6.45, 7) is 3.00. The third kappa shape index (κ3) is 6.42. The average molecular weight is 496 g/mol. The van der Waals surface area contributed by atoms with Crippen molar-refractivity contribution in [3.63, 3.8) is 0 Å². The Bertz CT molecular complexity index is 1200. The van der Waals surface area contributed by atoms with Crippen molar-refractivity contribution in [3.8, 4) is 0 Å². The summed E-state index contributed by atoms with van der Waals surface area (Å²) in [4.78, 5) is 43.8. The molecule has 1 fully saturated rings. The summed E-state index contributed by atoms with van der Waals surface area (Å²) < 4.78 is 5.44. The predicted octanol–water partition coefficient (Wildman–Crippen LogP) is 4.35. The van der Waals surface area contributed by atoms with E-state index in [1.165, 1.54) is 0 Å². The van der Waals surface area contributed by atoms with E-state index in [0.717, 1.165) is 35.7 Å². The van der Waals surface area contributed by atoms with E-state index in [0.29, 0.717) is 19.0 Å². The predicted molar refractivity (Wildman–Crippen MR) is 135 cm³/mol. The summed E-state index contributed by atoms with van der Waals surface area (Å²) in [7, 11) is 0. The van der Waals surface area contributed by atoms with Crippen molar-refractivity contribution in [3.05, 3.63) is 70.9 Å². The number of fused-ring (bicyclic) bond motifs is 1. The highest BCUT2D eigenvalue weighted by Gasteiger charge is 2.29. The summed E-state index contributed by atoms with van der Waals surface area (Å²) in [5.74, 6) is -0.807. The van der Waals surface area contributed by atoms with Crippen molar-refractivity contribution in [2.75, 3.05) is 19.7 Å². The molecule has 0 radical (unpaired) electrons. The second kappa shape index (κ2) is 11.4. The molecule has 0 aliphatic heterocycles. The summed E-state index contributed by atoms with van der Waals surface area (Å²) in [6, 6.07) is 13.4. The van der Waals surface area contributed by atoms with Crippen LogP contribution in [0.4, 0.5) is 0 Å². The first-order chi connectivity index (χ1) is 17.0. The molecule has 2 N–H and O–H groups in total. The van der Waals surface area contributed by atoms with E-state index in [4.69, 9.17) is 16.3 Å². The number of hydrogen-bond acceptors (Lipinski definition) is 4. The second-order valence-corrected chi connectivity index (χ2v) is 9.37. The molecule has 2 amide bonds. The normalized spacial score (nSPS) is 13.9. The van der Waals surface area contributed by atoms with Gasteiger partial charge in [0, 0.05) is 36.6 Å². The van der Waals surface area contributed by atoms with E-state index < -0.39 is 17.9 Å². The van der Waals surface area contributed by atoms with E-state index in [-0.39, 0.29) is 29.5 Å². The number of para-hydroxylation sites is 1. The zero-order chi connectivity index (χ0) is 24.8. The Morgan fingerprint density at radius 3 is 2.63 bits per heavy atom. The van der Waals surface area contributed by atoms with E-state index in [2.05, 4.69) is 10.3 Å². The van der Waals surface area contributed by atoms with Gasteiger partial charge >= 0.3 is 5.97 Å². The number of carbonyl (C=O) groups is 3. The van der Waals surface area contributed by atoms with Crippen molar-refractivity contribution in [1.82, 2.24) is 15.2 Å². The zero-order valence-corrected chi connectivity index (χ0v) is 20.5. The molecule has 184 valence electrons. The first kappa shape index (κ1) is 24.8.